The first kappa shape index (κ1) is 13.2. The van der Waals surface area contributed by atoms with Crippen LogP contribution in [0.2, 0.25) is 8.67 Å². The number of nitrogens with one attached hydrogen (secondary N) is 1. The normalized spacial score (nSPS) is 22.7. The van der Waals surface area contributed by atoms with Crippen LogP contribution in [-0.2, 0) is 0 Å². The van der Waals surface area contributed by atoms with Crippen LogP contribution in [0, 0.1) is 5.41 Å². The fourth-order valence-electron chi connectivity index (χ4n) is 2.32. The van der Waals surface area contributed by atoms with Crippen LogP contribution in [-0.4, -0.2) is 11.9 Å². The maximum atomic E-state index is 12.0. The highest BCUT2D eigenvalue weighted by atomic mass is 35.5. The standard InChI is InChI=1S/C12H15Cl2NOS/c1-12(2)4-3-7(6-12)15-11(16)8-5-9(13)17-10(8)14/h5,7H,3-4,6H2,1-2H3,(H,15,16). The molecular formula is C12H15Cl2NOS. The molecule has 17 heavy (non-hydrogen) atoms. The zero-order valence-corrected chi connectivity index (χ0v) is 12.2. The van der Waals surface area contributed by atoms with Crippen molar-refractivity contribution < 1.29 is 4.79 Å². The van der Waals surface area contributed by atoms with E-state index in [1.807, 2.05) is 0 Å². The number of carbonyl (C=O) groups excluding carboxylic acids is 1. The van der Waals surface area contributed by atoms with Crippen molar-refractivity contribution in [3.05, 3.63) is 20.3 Å². The quantitative estimate of drug-likeness (QED) is 0.862. The van der Waals surface area contributed by atoms with E-state index in [1.165, 1.54) is 11.3 Å². The predicted octanol–water partition coefficient (Wildman–Crippen LogP) is 4.36. The third kappa shape index (κ3) is 3.15. The van der Waals surface area contributed by atoms with Crippen LogP contribution >= 0.6 is 34.5 Å². The van der Waals surface area contributed by atoms with Gasteiger partial charge in [-0.15, -0.1) is 11.3 Å². The maximum Gasteiger partial charge on any atom is 0.253 e. The molecule has 5 heteroatoms. The lowest BCUT2D eigenvalue weighted by Crippen LogP contribution is -2.33. The molecule has 0 radical (unpaired) electrons. The van der Waals surface area contributed by atoms with E-state index >= 15 is 0 Å². The molecule has 1 aromatic rings. The molecule has 0 aromatic carbocycles. The first-order valence-electron chi connectivity index (χ1n) is 5.63. The third-order valence-corrected chi connectivity index (χ3v) is 4.69. The number of thiophene rings is 1. The second-order valence-electron chi connectivity index (χ2n) is 5.32. The van der Waals surface area contributed by atoms with E-state index in [1.54, 1.807) is 6.07 Å². The molecule has 0 saturated heterocycles. The fourth-order valence-corrected chi connectivity index (χ4v) is 3.78. The van der Waals surface area contributed by atoms with Crippen molar-refractivity contribution in [2.45, 2.75) is 39.2 Å². The summed E-state index contributed by atoms with van der Waals surface area (Å²) in [6, 6.07) is 1.89. The van der Waals surface area contributed by atoms with Crippen LogP contribution in [0.25, 0.3) is 0 Å². The van der Waals surface area contributed by atoms with Gasteiger partial charge in [-0.1, -0.05) is 37.0 Å². The molecule has 1 atom stereocenters. The molecule has 1 aliphatic rings. The van der Waals surface area contributed by atoms with Gasteiger partial charge in [-0.05, 0) is 30.7 Å². The molecule has 1 unspecified atom stereocenters. The van der Waals surface area contributed by atoms with Crippen LogP contribution in [0.4, 0.5) is 0 Å². The van der Waals surface area contributed by atoms with E-state index in [0.717, 1.165) is 19.3 Å². The van der Waals surface area contributed by atoms with Crippen molar-refractivity contribution in [2.75, 3.05) is 0 Å². The number of rotatable bonds is 2. The Labute approximate surface area is 115 Å². The SMILES string of the molecule is CC1(C)CCC(NC(=O)c2cc(Cl)sc2Cl)C1. The minimum Gasteiger partial charge on any atom is -0.349 e. The molecule has 1 aliphatic carbocycles. The lowest BCUT2D eigenvalue weighted by atomic mass is 9.92. The summed E-state index contributed by atoms with van der Waals surface area (Å²) in [4.78, 5) is 12.0. The summed E-state index contributed by atoms with van der Waals surface area (Å²) < 4.78 is 1.01. The third-order valence-electron chi connectivity index (χ3n) is 3.21. The Kier molecular flexibility index (Phi) is 3.71. The number of hydrogen-bond acceptors (Lipinski definition) is 2. The van der Waals surface area contributed by atoms with Gasteiger partial charge in [-0.3, -0.25) is 4.79 Å². The van der Waals surface area contributed by atoms with E-state index in [9.17, 15) is 4.79 Å². The van der Waals surface area contributed by atoms with Crippen LogP contribution in [0.5, 0.6) is 0 Å². The Morgan fingerprint density at radius 2 is 2.24 bits per heavy atom. The summed E-state index contributed by atoms with van der Waals surface area (Å²) in [5.74, 6) is -0.110. The predicted molar refractivity (Wildman–Crippen MR) is 73.2 cm³/mol. The highest BCUT2D eigenvalue weighted by Crippen LogP contribution is 2.37. The van der Waals surface area contributed by atoms with Crippen LogP contribution in [0.15, 0.2) is 6.07 Å². The van der Waals surface area contributed by atoms with Gasteiger partial charge in [-0.2, -0.15) is 0 Å². The van der Waals surface area contributed by atoms with E-state index < -0.39 is 0 Å². The topological polar surface area (TPSA) is 29.1 Å². The molecule has 1 saturated carbocycles. The maximum absolute atomic E-state index is 12.0. The van der Waals surface area contributed by atoms with Gasteiger partial charge in [0.15, 0.2) is 0 Å². The summed E-state index contributed by atoms with van der Waals surface area (Å²) >= 11 is 13.0. The zero-order valence-electron chi connectivity index (χ0n) is 9.85. The Morgan fingerprint density at radius 1 is 1.53 bits per heavy atom. The van der Waals surface area contributed by atoms with Gasteiger partial charge >= 0.3 is 0 Å². The van der Waals surface area contributed by atoms with Crippen molar-refractivity contribution in [1.29, 1.82) is 0 Å². The average molecular weight is 292 g/mol. The molecule has 2 nitrogen and oxygen atoms in total. The minimum absolute atomic E-state index is 0.110. The first-order chi connectivity index (χ1) is 7.87. The van der Waals surface area contributed by atoms with Gasteiger partial charge in [0, 0.05) is 6.04 Å². The molecule has 1 N–H and O–H groups in total. The smallest absolute Gasteiger partial charge is 0.253 e. The molecule has 94 valence electrons. The lowest BCUT2D eigenvalue weighted by Gasteiger charge is -2.17. The molecule has 1 heterocycles. The molecular weight excluding hydrogens is 277 g/mol. The van der Waals surface area contributed by atoms with Crippen molar-refractivity contribution >= 4 is 40.4 Å². The van der Waals surface area contributed by atoms with Gasteiger partial charge in [0.25, 0.3) is 5.91 Å². The highest BCUT2D eigenvalue weighted by molar-refractivity contribution is 7.20. The Morgan fingerprint density at radius 3 is 2.71 bits per heavy atom. The van der Waals surface area contributed by atoms with Gasteiger partial charge in [0.2, 0.25) is 0 Å². The van der Waals surface area contributed by atoms with Crippen molar-refractivity contribution in [2.24, 2.45) is 5.41 Å². The van der Waals surface area contributed by atoms with E-state index in [-0.39, 0.29) is 11.9 Å². The summed E-state index contributed by atoms with van der Waals surface area (Å²) in [7, 11) is 0. The van der Waals surface area contributed by atoms with Gasteiger partial charge in [-0.25, -0.2) is 0 Å². The molecule has 0 aliphatic heterocycles. The Hall–Kier alpha value is -0.250. The van der Waals surface area contributed by atoms with E-state index in [2.05, 4.69) is 19.2 Å². The lowest BCUT2D eigenvalue weighted by molar-refractivity contribution is 0.0936. The molecule has 1 aromatic heterocycles. The van der Waals surface area contributed by atoms with Crippen molar-refractivity contribution in [3.8, 4) is 0 Å². The summed E-state index contributed by atoms with van der Waals surface area (Å²) in [6.07, 6.45) is 3.21. The highest BCUT2D eigenvalue weighted by Gasteiger charge is 2.32. The second-order valence-corrected chi connectivity index (χ2v) is 7.60. The van der Waals surface area contributed by atoms with E-state index in [0.29, 0.717) is 19.7 Å². The summed E-state index contributed by atoms with van der Waals surface area (Å²) in [6.45, 7) is 4.46. The molecule has 0 spiro atoms. The average Bonchev–Trinajstić information content (AvgIpc) is 2.69. The van der Waals surface area contributed by atoms with Crippen LogP contribution < -0.4 is 5.32 Å². The first-order valence-corrected chi connectivity index (χ1v) is 7.20. The van der Waals surface area contributed by atoms with Crippen LogP contribution in [0.1, 0.15) is 43.5 Å². The number of halogens is 2. The number of carbonyl (C=O) groups is 1. The van der Waals surface area contributed by atoms with Crippen LogP contribution in [0.3, 0.4) is 0 Å². The largest absolute Gasteiger partial charge is 0.349 e. The van der Waals surface area contributed by atoms with Crippen molar-refractivity contribution in [1.82, 2.24) is 5.32 Å². The second kappa shape index (κ2) is 4.79. The monoisotopic (exact) mass is 291 g/mol. The Balaban J connectivity index is 2.01. The van der Waals surface area contributed by atoms with Crippen molar-refractivity contribution in [3.63, 3.8) is 0 Å². The van der Waals surface area contributed by atoms with Gasteiger partial charge in [0.05, 0.1) is 9.90 Å². The summed E-state index contributed by atoms with van der Waals surface area (Å²) in [5, 5.41) is 3.03. The number of hydrogen-bond donors (Lipinski definition) is 1. The molecule has 0 bridgehead atoms. The molecule has 1 fully saturated rings. The Bertz CT molecular complexity index is 442. The zero-order chi connectivity index (χ0) is 12.6. The summed E-state index contributed by atoms with van der Waals surface area (Å²) in [5.41, 5.74) is 0.819. The fraction of sp³-hybridized carbons (Fsp3) is 0.583. The molecule has 1 amide bonds. The van der Waals surface area contributed by atoms with Gasteiger partial charge < -0.3 is 5.32 Å². The molecule has 2 rings (SSSR count). The minimum atomic E-state index is -0.110. The van der Waals surface area contributed by atoms with Gasteiger partial charge in [0.1, 0.15) is 4.34 Å². The number of amides is 1. The van der Waals surface area contributed by atoms with E-state index in [4.69, 9.17) is 23.2 Å².